The lowest BCUT2D eigenvalue weighted by Crippen LogP contribution is -2.12. The summed E-state index contributed by atoms with van der Waals surface area (Å²) < 4.78 is 2.88. The summed E-state index contributed by atoms with van der Waals surface area (Å²) in [6.45, 7) is 0.216. The van der Waals surface area contributed by atoms with Crippen molar-refractivity contribution < 1.29 is 9.59 Å². The smallest absolute Gasteiger partial charge is 0.245 e. The first-order chi connectivity index (χ1) is 14.0. The molecule has 0 spiro atoms. The van der Waals surface area contributed by atoms with Gasteiger partial charge in [0.15, 0.2) is 0 Å². The van der Waals surface area contributed by atoms with Crippen LogP contribution in [0.15, 0.2) is 53.3 Å². The lowest BCUT2D eigenvalue weighted by atomic mass is 10.1. The van der Waals surface area contributed by atoms with E-state index in [1.807, 2.05) is 47.0 Å². The van der Waals surface area contributed by atoms with E-state index in [1.54, 1.807) is 20.2 Å². The Bertz CT molecular complexity index is 1270. The third kappa shape index (κ3) is 3.38. The Morgan fingerprint density at radius 2 is 1.79 bits per heavy atom. The fraction of sp³-hybridized carbons (Fsp3) is 0.143. The Kier molecular flexibility index (Phi) is 4.85. The fourth-order valence-electron chi connectivity index (χ4n) is 3.19. The summed E-state index contributed by atoms with van der Waals surface area (Å²) in [4.78, 5) is 40.5. The zero-order chi connectivity index (χ0) is 20.5. The van der Waals surface area contributed by atoms with E-state index in [9.17, 15) is 14.4 Å². The second-order valence-corrected chi connectivity index (χ2v) is 7.79. The lowest BCUT2D eigenvalue weighted by molar-refractivity contribution is -0.116. The number of hydrogen-bond donors (Lipinski definition) is 1. The first-order valence-electron chi connectivity index (χ1n) is 8.92. The van der Waals surface area contributed by atoms with Crippen LogP contribution in [0, 0.1) is 0 Å². The predicted molar refractivity (Wildman–Crippen MR) is 115 cm³/mol. The van der Waals surface area contributed by atoms with E-state index in [1.165, 1.54) is 16.2 Å². The highest BCUT2D eigenvalue weighted by molar-refractivity contribution is 7.21. The highest BCUT2D eigenvalue weighted by Crippen LogP contribution is 2.35. The van der Waals surface area contributed by atoms with Crippen LogP contribution >= 0.6 is 11.3 Å². The van der Waals surface area contributed by atoms with Crippen LogP contribution < -0.4 is 10.7 Å². The minimum absolute atomic E-state index is 0.0990. The molecule has 0 fully saturated rings. The topological polar surface area (TPSA) is 84.3 Å². The first kappa shape index (κ1) is 18.8. The van der Waals surface area contributed by atoms with E-state index < -0.39 is 0 Å². The average Bonchev–Trinajstić information content (AvgIpc) is 3.32. The van der Waals surface area contributed by atoms with Crippen LogP contribution in [0.2, 0.25) is 0 Å². The summed E-state index contributed by atoms with van der Waals surface area (Å²) in [5.74, 6) is 0.427. The highest BCUT2D eigenvalue weighted by Gasteiger charge is 2.27. The van der Waals surface area contributed by atoms with Crippen molar-refractivity contribution in [3.8, 4) is 10.6 Å². The third-order valence-corrected chi connectivity index (χ3v) is 5.51. The minimum atomic E-state index is -0.117. The van der Waals surface area contributed by atoms with Gasteiger partial charge in [-0.3, -0.25) is 14.4 Å². The van der Waals surface area contributed by atoms with Gasteiger partial charge in [0, 0.05) is 19.5 Å². The molecule has 4 aromatic rings. The van der Waals surface area contributed by atoms with Gasteiger partial charge in [-0.25, -0.2) is 4.98 Å². The predicted octanol–water partition coefficient (Wildman–Crippen LogP) is 2.93. The summed E-state index contributed by atoms with van der Waals surface area (Å²) >= 11 is 1.46. The number of anilines is 1. The molecule has 5 rings (SSSR count). The zero-order valence-corrected chi connectivity index (χ0v) is 16.7. The molecule has 7 nitrogen and oxygen atoms in total. The number of amides is 2. The molecule has 3 heterocycles. The van der Waals surface area contributed by atoms with Crippen molar-refractivity contribution in [2.24, 2.45) is 0 Å². The van der Waals surface area contributed by atoms with Crippen molar-refractivity contribution in [2.75, 3.05) is 19.4 Å². The standard InChI is InChI=1S/C18H11N3O2S.C3H7NO/c22-14-9-21-12-7-3-1-5-10(12)16(23)15(17(21)20-14)18-19-11-6-2-4-8-13(11)24-18;1-4(2)3-5/h1-8H,9H2,(H,20,22);3H,1-2H3. The van der Waals surface area contributed by atoms with E-state index in [0.717, 1.165) is 22.1 Å². The number of nitrogens with zero attached hydrogens (tertiary/aromatic N) is 3. The van der Waals surface area contributed by atoms with E-state index in [4.69, 9.17) is 0 Å². The van der Waals surface area contributed by atoms with Crippen molar-refractivity contribution in [3.63, 3.8) is 0 Å². The molecular weight excluding hydrogens is 388 g/mol. The van der Waals surface area contributed by atoms with Gasteiger partial charge in [-0.15, -0.1) is 11.3 Å². The van der Waals surface area contributed by atoms with Crippen LogP contribution in [0.1, 0.15) is 0 Å². The van der Waals surface area contributed by atoms with E-state index >= 15 is 0 Å². The van der Waals surface area contributed by atoms with Gasteiger partial charge in [-0.05, 0) is 24.3 Å². The molecule has 8 heteroatoms. The molecule has 1 aliphatic heterocycles. The van der Waals surface area contributed by atoms with Crippen LogP contribution in [0.5, 0.6) is 0 Å². The van der Waals surface area contributed by atoms with E-state index in [-0.39, 0.29) is 17.9 Å². The normalized spacial score (nSPS) is 12.3. The second kappa shape index (κ2) is 7.48. The van der Waals surface area contributed by atoms with Gasteiger partial charge in [0.1, 0.15) is 17.4 Å². The Hall–Kier alpha value is -3.52. The van der Waals surface area contributed by atoms with Crippen molar-refractivity contribution >= 4 is 50.6 Å². The number of pyridine rings is 1. The maximum Gasteiger partial charge on any atom is 0.245 e. The second-order valence-electron chi connectivity index (χ2n) is 6.76. The molecule has 0 aliphatic carbocycles. The molecule has 2 amide bonds. The van der Waals surface area contributed by atoms with Crippen molar-refractivity contribution in [1.82, 2.24) is 14.5 Å². The van der Waals surface area contributed by atoms with Gasteiger partial charge in [-0.1, -0.05) is 24.3 Å². The van der Waals surface area contributed by atoms with Crippen molar-refractivity contribution in [2.45, 2.75) is 6.54 Å². The maximum atomic E-state index is 13.1. The Balaban J connectivity index is 0.000000369. The Morgan fingerprint density at radius 1 is 1.10 bits per heavy atom. The summed E-state index contributed by atoms with van der Waals surface area (Å²) in [6.07, 6.45) is 0.750. The van der Waals surface area contributed by atoms with Crippen molar-refractivity contribution in [3.05, 3.63) is 58.8 Å². The molecule has 146 valence electrons. The number of para-hydroxylation sites is 2. The van der Waals surface area contributed by atoms with Crippen molar-refractivity contribution in [1.29, 1.82) is 0 Å². The number of nitrogens with one attached hydrogen (secondary N) is 1. The largest absolute Gasteiger partial charge is 0.351 e. The molecule has 0 unspecified atom stereocenters. The first-order valence-corrected chi connectivity index (χ1v) is 9.74. The van der Waals surface area contributed by atoms with Gasteiger partial charge >= 0.3 is 0 Å². The highest BCUT2D eigenvalue weighted by atomic mass is 32.1. The minimum Gasteiger partial charge on any atom is -0.351 e. The molecule has 1 aliphatic rings. The molecular formula is C21H18N4O3S. The summed E-state index contributed by atoms with van der Waals surface area (Å²) in [7, 11) is 3.38. The van der Waals surface area contributed by atoms with E-state index in [0.29, 0.717) is 21.8 Å². The van der Waals surface area contributed by atoms with Gasteiger partial charge < -0.3 is 14.8 Å². The Labute approximate surface area is 170 Å². The lowest BCUT2D eigenvalue weighted by Gasteiger charge is -2.11. The number of hydrogen-bond acceptors (Lipinski definition) is 5. The SMILES string of the molecule is CN(C)C=O.O=C1Cn2c(c(-c3nc4ccccc4s3)c(=O)c3ccccc32)N1. The van der Waals surface area contributed by atoms with E-state index in [2.05, 4.69) is 10.3 Å². The molecule has 29 heavy (non-hydrogen) atoms. The van der Waals surface area contributed by atoms with Crippen LogP contribution in [-0.4, -0.2) is 40.9 Å². The van der Waals surface area contributed by atoms with Gasteiger partial charge in [0.25, 0.3) is 0 Å². The summed E-state index contributed by atoms with van der Waals surface area (Å²) in [5, 5.41) is 4.07. The van der Waals surface area contributed by atoms with Crippen LogP contribution in [0.3, 0.4) is 0 Å². The monoisotopic (exact) mass is 406 g/mol. The Morgan fingerprint density at radius 3 is 2.52 bits per heavy atom. The van der Waals surface area contributed by atoms with Crippen LogP contribution in [-0.2, 0) is 16.1 Å². The van der Waals surface area contributed by atoms with Gasteiger partial charge in [-0.2, -0.15) is 0 Å². The van der Waals surface area contributed by atoms with Crippen LogP contribution in [0.4, 0.5) is 5.82 Å². The maximum absolute atomic E-state index is 13.1. The molecule has 0 saturated carbocycles. The average molecular weight is 406 g/mol. The molecule has 1 N–H and O–H groups in total. The number of fused-ring (bicyclic) bond motifs is 4. The number of carbonyl (C=O) groups excluding carboxylic acids is 2. The van der Waals surface area contributed by atoms with Gasteiger partial charge in [0.2, 0.25) is 17.7 Å². The third-order valence-electron chi connectivity index (χ3n) is 4.45. The zero-order valence-electron chi connectivity index (χ0n) is 15.9. The number of thiazole rings is 1. The molecule has 0 atom stereocenters. The van der Waals surface area contributed by atoms with Gasteiger partial charge in [0.05, 0.1) is 21.3 Å². The quantitative estimate of drug-likeness (QED) is 0.519. The fourth-order valence-corrected chi connectivity index (χ4v) is 4.19. The number of aromatic nitrogens is 2. The molecule has 2 aromatic carbocycles. The molecule has 2 aromatic heterocycles. The summed E-state index contributed by atoms with van der Waals surface area (Å²) in [6, 6.07) is 15.1. The molecule has 0 saturated heterocycles. The molecule has 0 radical (unpaired) electrons. The number of rotatable bonds is 2. The molecule has 0 bridgehead atoms. The number of benzene rings is 2. The summed E-state index contributed by atoms with van der Waals surface area (Å²) in [5.41, 5.74) is 1.99. The van der Waals surface area contributed by atoms with Crippen LogP contribution in [0.25, 0.3) is 31.7 Å². The number of carbonyl (C=O) groups is 2.